The molecule has 21 heavy (non-hydrogen) atoms. The van der Waals surface area contributed by atoms with Gasteiger partial charge in [0.2, 0.25) is 0 Å². The summed E-state index contributed by atoms with van der Waals surface area (Å²) in [5, 5.41) is 3.54. The van der Waals surface area contributed by atoms with E-state index < -0.39 is 0 Å². The Kier molecular flexibility index (Phi) is 4.84. The minimum atomic E-state index is -0.272. The highest BCUT2D eigenvalue weighted by atomic mass is 79.9. The smallest absolute Gasteiger partial charge is 0.137 e. The van der Waals surface area contributed by atoms with E-state index in [4.69, 9.17) is 11.6 Å². The zero-order valence-electron chi connectivity index (χ0n) is 12.0. The Hall–Kier alpha value is -1.20. The molecule has 1 aromatic carbocycles. The lowest BCUT2D eigenvalue weighted by atomic mass is 9.96. The number of benzene rings is 1. The van der Waals surface area contributed by atoms with Crippen molar-refractivity contribution in [1.82, 2.24) is 9.97 Å². The minimum Gasteiger partial charge on any atom is -0.366 e. The first-order valence-electron chi connectivity index (χ1n) is 6.48. The van der Waals surface area contributed by atoms with Crippen molar-refractivity contribution in [3.63, 3.8) is 0 Å². The van der Waals surface area contributed by atoms with Crippen LogP contribution in [0.4, 0.5) is 10.2 Å². The molecule has 2 rings (SSSR count). The minimum absolute atomic E-state index is 0.194. The Morgan fingerprint density at radius 2 is 1.95 bits per heavy atom. The molecule has 0 aliphatic heterocycles. The van der Waals surface area contributed by atoms with Gasteiger partial charge in [0.25, 0.3) is 0 Å². The summed E-state index contributed by atoms with van der Waals surface area (Å²) in [7, 11) is 0. The molecule has 2 aromatic rings. The third-order valence-corrected chi connectivity index (χ3v) is 3.80. The van der Waals surface area contributed by atoms with Crippen LogP contribution in [0.2, 0.25) is 5.15 Å². The van der Waals surface area contributed by atoms with Gasteiger partial charge in [-0.1, -0.05) is 48.3 Å². The summed E-state index contributed by atoms with van der Waals surface area (Å²) in [4.78, 5) is 8.69. The Balaban J connectivity index is 2.20. The van der Waals surface area contributed by atoms with Gasteiger partial charge in [-0.05, 0) is 23.8 Å². The fourth-order valence-corrected chi connectivity index (χ4v) is 2.28. The van der Waals surface area contributed by atoms with Crippen LogP contribution in [0.1, 0.15) is 32.2 Å². The highest BCUT2D eigenvalue weighted by Gasteiger charge is 2.18. The summed E-state index contributed by atoms with van der Waals surface area (Å²) in [6.45, 7) is 6.50. The standard InChI is InChI=1S/C15H16BrClFN3/c1-15(2,3)14-20-12(17)7-13(21-14)19-8-9-6-10(18)4-5-11(9)16/h4-7H,8H2,1-3H3,(H,19,20,21). The number of anilines is 1. The van der Waals surface area contributed by atoms with Crippen LogP contribution < -0.4 is 5.32 Å². The van der Waals surface area contributed by atoms with E-state index in [1.54, 1.807) is 12.1 Å². The average molecular weight is 373 g/mol. The molecular weight excluding hydrogens is 357 g/mol. The largest absolute Gasteiger partial charge is 0.366 e. The van der Waals surface area contributed by atoms with Gasteiger partial charge in [-0.25, -0.2) is 14.4 Å². The van der Waals surface area contributed by atoms with Crippen molar-refractivity contribution in [2.75, 3.05) is 5.32 Å². The Morgan fingerprint density at radius 1 is 1.24 bits per heavy atom. The fraction of sp³-hybridized carbons (Fsp3) is 0.333. The average Bonchev–Trinajstić information content (AvgIpc) is 2.38. The van der Waals surface area contributed by atoms with Crippen LogP contribution in [-0.2, 0) is 12.0 Å². The molecule has 0 saturated carbocycles. The predicted octanol–water partition coefficient (Wildman–Crippen LogP) is 4.94. The van der Waals surface area contributed by atoms with Gasteiger partial charge in [0.05, 0.1) is 0 Å². The van der Waals surface area contributed by atoms with E-state index in [1.165, 1.54) is 12.1 Å². The SMILES string of the molecule is CC(C)(C)c1nc(Cl)cc(NCc2cc(F)ccc2Br)n1. The molecule has 112 valence electrons. The maximum atomic E-state index is 13.3. The number of rotatable bonds is 3. The third kappa shape index (κ3) is 4.38. The molecule has 0 atom stereocenters. The summed E-state index contributed by atoms with van der Waals surface area (Å²) in [5.74, 6) is 1.01. The van der Waals surface area contributed by atoms with Crippen molar-refractivity contribution in [2.45, 2.75) is 32.7 Å². The van der Waals surface area contributed by atoms with Crippen molar-refractivity contribution in [3.05, 3.63) is 51.1 Å². The zero-order valence-corrected chi connectivity index (χ0v) is 14.4. The van der Waals surface area contributed by atoms with Crippen LogP contribution in [0.15, 0.2) is 28.7 Å². The molecule has 0 aliphatic carbocycles. The van der Waals surface area contributed by atoms with E-state index >= 15 is 0 Å². The van der Waals surface area contributed by atoms with Crippen molar-refractivity contribution in [3.8, 4) is 0 Å². The second kappa shape index (κ2) is 6.28. The van der Waals surface area contributed by atoms with Gasteiger partial charge in [-0.2, -0.15) is 0 Å². The molecule has 0 saturated heterocycles. The van der Waals surface area contributed by atoms with Crippen LogP contribution >= 0.6 is 27.5 Å². The number of halogens is 3. The Bertz CT molecular complexity index is 656. The van der Waals surface area contributed by atoms with Crippen molar-refractivity contribution in [2.24, 2.45) is 0 Å². The van der Waals surface area contributed by atoms with Crippen LogP contribution in [0, 0.1) is 5.82 Å². The number of hydrogen-bond donors (Lipinski definition) is 1. The zero-order chi connectivity index (χ0) is 15.6. The molecule has 3 nitrogen and oxygen atoms in total. The van der Waals surface area contributed by atoms with Crippen LogP contribution in [0.25, 0.3) is 0 Å². The van der Waals surface area contributed by atoms with Gasteiger partial charge in [0, 0.05) is 22.5 Å². The number of nitrogens with zero attached hydrogens (tertiary/aromatic N) is 2. The summed E-state index contributed by atoms with van der Waals surface area (Å²) < 4.78 is 14.1. The predicted molar refractivity (Wildman–Crippen MR) is 87.2 cm³/mol. The number of nitrogens with one attached hydrogen (secondary N) is 1. The van der Waals surface area contributed by atoms with E-state index in [1.807, 2.05) is 20.8 Å². The molecule has 0 bridgehead atoms. The summed E-state index contributed by atoms with van der Waals surface area (Å²) >= 11 is 9.43. The van der Waals surface area contributed by atoms with E-state index in [-0.39, 0.29) is 11.2 Å². The molecule has 0 fully saturated rings. The quantitative estimate of drug-likeness (QED) is 0.775. The molecule has 1 heterocycles. The third-order valence-electron chi connectivity index (χ3n) is 2.83. The highest BCUT2D eigenvalue weighted by molar-refractivity contribution is 9.10. The molecule has 6 heteroatoms. The van der Waals surface area contributed by atoms with E-state index in [0.717, 1.165) is 10.0 Å². The maximum Gasteiger partial charge on any atom is 0.137 e. The molecular formula is C15H16BrClFN3. The van der Waals surface area contributed by atoms with Gasteiger partial charge < -0.3 is 5.32 Å². The van der Waals surface area contributed by atoms with Crippen LogP contribution in [-0.4, -0.2) is 9.97 Å². The molecule has 1 aromatic heterocycles. The van der Waals surface area contributed by atoms with Gasteiger partial charge >= 0.3 is 0 Å². The number of aromatic nitrogens is 2. The lowest BCUT2D eigenvalue weighted by Gasteiger charge is -2.18. The second-order valence-electron chi connectivity index (χ2n) is 5.74. The maximum absolute atomic E-state index is 13.3. The van der Waals surface area contributed by atoms with Crippen molar-refractivity contribution >= 4 is 33.3 Å². The first-order chi connectivity index (χ1) is 9.75. The van der Waals surface area contributed by atoms with Gasteiger partial charge in [0.15, 0.2) is 0 Å². The first-order valence-corrected chi connectivity index (χ1v) is 7.65. The van der Waals surface area contributed by atoms with E-state index in [0.29, 0.717) is 23.3 Å². The summed E-state index contributed by atoms with van der Waals surface area (Å²) in [5.41, 5.74) is 0.614. The van der Waals surface area contributed by atoms with Crippen LogP contribution in [0.5, 0.6) is 0 Å². The molecule has 0 radical (unpaired) electrons. The van der Waals surface area contributed by atoms with Gasteiger partial charge in [-0.15, -0.1) is 0 Å². The summed E-state index contributed by atoms with van der Waals surface area (Å²) in [6, 6.07) is 6.22. The van der Waals surface area contributed by atoms with E-state index in [2.05, 4.69) is 31.2 Å². The normalized spacial score (nSPS) is 11.5. The molecule has 0 amide bonds. The lowest BCUT2D eigenvalue weighted by Crippen LogP contribution is -2.17. The first kappa shape index (κ1) is 16.2. The fourth-order valence-electron chi connectivity index (χ4n) is 1.71. The van der Waals surface area contributed by atoms with Gasteiger partial charge in [0.1, 0.15) is 22.6 Å². The van der Waals surface area contributed by atoms with Gasteiger partial charge in [-0.3, -0.25) is 0 Å². The van der Waals surface area contributed by atoms with E-state index in [9.17, 15) is 4.39 Å². The topological polar surface area (TPSA) is 37.8 Å². The molecule has 1 N–H and O–H groups in total. The van der Waals surface area contributed by atoms with Crippen LogP contribution in [0.3, 0.4) is 0 Å². The van der Waals surface area contributed by atoms with Crippen molar-refractivity contribution in [1.29, 1.82) is 0 Å². The second-order valence-corrected chi connectivity index (χ2v) is 6.98. The molecule has 0 aliphatic rings. The molecule has 0 unspecified atom stereocenters. The van der Waals surface area contributed by atoms with Crippen molar-refractivity contribution < 1.29 is 4.39 Å². The monoisotopic (exact) mass is 371 g/mol. The Morgan fingerprint density at radius 3 is 2.62 bits per heavy atom. The number of hydrogen-bond acceptors (Lipinski definition) is 3. The Labute approximate surface area is 137 Å². The lowest BCUT2D eigenvalue weighted by molar-refractivity contribution is 0.546. The molecule has 0 spiro atoms. The summed E-state index contributed by atoms with van der Waals surface area (Å²) in [6.07, 6.45) is 0. The highest BCUT2D eigenvalue weighted by Crippen LogP contribution is 2.23.